The highest BCUT2D eigenvalue weighted by atomic mass is 15.5. The van der Waals surface area contributed by atoms with E-state index in [0.717, 1.165) is 37.0 Å². The van der Waals surface area contributed by atoms with Crippen LogP contribution in [0.1, 0.15) is 32.0 Å². The molecular weight excluding hydrogens is 214 g/mol. The fourth-order valence-corrected chi connectivity index (χ4v) is 2.01. The van der Waals surface area contributed by atoms with Crippen molar-refractivity contribution in [2.75, 3.05) is 30.9 Å². The molecule has 2 heterocycles. The van der Waals surface area contributed by atoms with Gasteiger partial charge < -0.3 is 10.7 Å². The average Bonchev–Trinajstić information content (AvgIpc) is 2.39. The lowest BCUT2D eigenvalue weighted by Crippen LogP contribution is -2.35. The molecule has 1 fully saturated rings. The fraction of sp³-hybridized carbons (Fsp3) is 0.667. The van der Waals surface area contributed by atoms with E-state index >= 15 is 0 Å². The molecule has 1 aromatic heterocycles. The smallest absolute Gasteiger partial charge is 0.146 e. The number of hydrogen-bond acceptors (Lipinski definition) is 5. The Hall–Kier alpha value is -1.36. The first kappa shape index (κ1) is 12.1. The maximum Gasteiger partial charge on any atom is 0.146 e. The zero-order valence-electron chi connectivity index (χ0n) is 10.7. The SMILES string of the molecule is CCc1nc(NC)cc(NN2CCCCC2)n1. The lowest BCUT2D eigenvalue weighted by Gasteiger charge is -2.27. The van der Waals surface area contributed by atoms with Crippen molar-refractivity contribution in [2.45, 2.75) is 32.6 Å². The molecule has 0 spiro atoms. The number of aromatic nitrogens is 2. The molecule has 0 amide bonds. The molecule has 5 heteroatoms. The minimum absolute atomic E-state index is 0.851. The van der Waals surface area contributed by atoms with E-state index in [1.807, 2.05) is 13.1 Å². The molecule has 1 aromatic rings. The van der Waals surface area contributed by atoms with Gasteiger partial charge in [-0.2, -0.15) is 0 Å². The molecule has 0 radical (unpaired) electrons. The molecule has 0 bridgehead atoms. The van der Waals surface area contributed by atoms with Gasteiger partial charge >= 0.3 is 0 Å². The molecular formula is C12H21N5. The van der Waals surface area contributed by atoms with Crippen molar-refractivity contribution < 1.29 is 0 Å². The molecule has 0 aliphatic carbocycles. The van der Waals surface area contributed by atoms with Gasteiger partial charge in [0.05, 0.1) is 0 Å². The molecule has 0 unspecified atom stereocenters. The minimum atomic E-state index is 0.851. The highest BCUT2D eigenvalue weighted by Gasteiger charge is 2.11. The van der Waals surface area contributed by atoms with Gasteiger partial charge in [-0.1, -0.05) is 13.3 Å². The van der Waals surface area contributed by atoms with Crippen molar-refractivity contribution >= 4 is 11.6 Å². The van der Waals surface area contributed by atoms with Gasteiger partial charge in [-0.3, -0.25) is 0 Å². The van der Waals surface area contributed by atoms with E-state index in [0.29, 0.717) is 0 Å². The van der Waals surface area contributed by atoms with Crippen LogP contribution in [0.25, 0.3) is 0 Å². The molecule has 0 atom stereocenters. The van der Waals surface area contributed by atoms with Crippen LogP contribution >= 0.6 is 0 Å². The van der Waals surface area contributed by atoms with E-state index in [1.165, 1.54) is 19.3 Å². The van der Waals surface area contributed by atoms with Gasteiger partial charge in [0.2, 0.25) is 0 Å². The predicted molar refractivity (Wildman–Crippen MR) is 70.0 cm³/mol. The monoisotopic (exact) mass is 235 g/mol. The largest absolute Gasteiger partial charge is 0.373 e. The number of rotatable bonds is 4. The molecule has 94 valence electrons. The first-order valence-electron chi connectivity index (χ1n) is 6.39. The van der Waals surface area contributed by atoms with E-state index in [-0.39, 0.29) is 0 Å². The summed E-state index contributed by atoms with van der Waals surface area (Å²) in [4.78, 5) is 8.87. The van der Waals surface area contributed by atoms with Gasteiger partial charge in [0.15, 0.2) is 0 Å². The van der Waals surface area contributed by atoms with Crippen LogP contribution in [0.3, 0.4) is 0 Å². The maximum atomic E-state index is 4.49. The summed E-state index contributed by atoms with van der Waals surface area (Å²) < 4.78 is 0. The van der Waals surface area contributed by atoms with Crippen LogP contribution in [0.2, 0.25) is 0 Å². The third kappa shape index (κ3) is 3.30. The molecule has 1 aliphatic heterocycles. The van der Waals surface area contributed by atoms with Crippen molar-refractivity contribution in [2.24, 2.45) is 0 Å². The highest BCUT2D eigenvalue weighted by molar-refractivity contribution is 5.46. The van der Waals surface area contributed by atoms with Crippen LogP contribution in [-0.2, 0) is 6.42 Å². The third-order valence-electron chi connectivity index (χ3n) is 2.97. The molecule has 1 saturated heterocycles. The van der Waals surface area contributed by atoms with Gasteiger partial charge in [0.25, 0.3) is 0 Å². The van der Waals surface area contributed by atoms with Crippen molar-refractivity contribution in [1.29, 1.82) is 0 Å². The Labute approximate surface area is 103 Å². The van der Waals surface area contributed by atoms with Gasteiger partial charge in [-0.25, -0.2) is 15.0 Å². The second-order valence-electron chi connectivity index (χ2n) is 4.32. The number of nitrogens with zero attached hydrogens (tertiary/aromatic N) is 3. The highest BCUT2D eigenvalue weighted by Crippen LogP contribution is 2.14. The number of anilines is 2. The van der Waals surface area contributed by atoms with Gasteiger partial charge in [-0.15, -0.1) is 0 Å². The van der Waals surface area contributed by atoms with Crippen LogP contribution in [0, 0.1) is 0 Å². The van der Waals surface area contributed by atoms with Crippen LogP contribution in [-0.4, -0.2) is 35.1 Å². The number of hydrogen-bond donors (Lipinski definition) is 2. The Morgan fingerprint density at radius 2 is 1.88 bits per heavy atom. The van der Waals surface area contributed by atoms with E-state index in [4.69, 9.17) is 0 Å². The Kier molecular flexibility index (Phi) is 4.14. The van der Waals surface area contributed by atoms with Crippen LogP contribution < -0.4 is 10.7 Å². The molecule has 2 N–H and O–H groups in total. The summed E-state index contributed by atoms with van der Waals surface area (Å²) in [5, 5.41) is 5.31. The summed E-state index contributed by atoms with van der Waals surface area (Å²) >= 11 is 0. The summed E-state index contributed by atoms with van der Waals surface area (Å²) in [6.07, 6.45) is 4.71. The quantitative estimate of drug-likeness (QED) is 0.834. The summed E-state index contributed by atoms with van der Waals surface area (Å²) in [6.45, 7) is 4.26. The Morgan fingerprint density at radius 1 is 1.18 bits per heavy atom. The van der Waals surface area contributed by atoms with Crippen molar-refractivity contribution in [3.63, 3.8) is 0 Å². The number of piperidine rings is 1. The molecule has 0 saturated carbocycles. The maximum absolute atomic E-state index is 4.49. The minimum Gasteiger partial charge on any atom is -0.373 e. The van der Waals surface area contributed by atoms with Crippen LogP contribution in [0.15, 0.2) is 6.07 Å². The van der Waals surface area contributed by atoms with E-state index in [9.17, 15) is 0 Å². The van der Waals surface area contributed by atoms with Gasteiger partial charge in [-0.05, 0) is 12.8 Å². The number of nitrogens with one attached hydrogen (secondary N) is 2. The summed E-state index contributed by atoms with van der Waals surface area (Å²) in [5.41, 5.74) is 3.37. The zero-order chi connectivity index (χ0) is 12.1. The summed E-state index contributed by atoms with van der Waals surface area (Å²) in [6, 6.07) is 1.95. The predicted octanol–water partition coefficient (Wildman–Crippen LogP) is 1.89. The first-order valence-corrected chi connectivity index (χ1v) is 6.39. The zero-order valence-corrected chi connectivity index (χ0v) is 10.7. The fourth-order valence-electron chi connectivity index (χ4n) is 2.01. The Morgan fingerprint density at radius 3 is 2.53 bits per heavy atom. The molecule has 1 aliphatic rings. The van der Waals surface area contributed by atoms with E-state index in [2.05, 4.69) is 32.6 Å². The van der Waals surface area contributed by atoms with Crippen molar-refractivity contribution in [1.82, 2.24) is 15.0 Å². The lowest BCUT2D eigenvalue weighted by molar-refractivity contribution is 0.272. The summed E-state index contributed by atoms with van der Waals surface area (Å²) in [5.74, 6) is 2.64. The Balaban J connectivity index is 2.07. The summed E-state index contributed by atoms with van der Waals surface area (Å²) in [7, 11) is 1.88. The first-order chi connectivity index (χ1) is 8.31. The lowest BCUT2D eigenvalue weighted by atomic mass is 10.2. The number of aryl methyl sites for hydroxylation is 1. The van der Waals surface area contributed by atoms with Gasteiger partial charge in [0.1, 0.15) is 17.5 Å². The van der Waals surface area contributed by atoms with Crippen LogP contribution in [0.5, 0.6) is 0 Å². The number of hydrazine groups is 1. The van der Waals surface area contributed by atoms with Gasteiger partial charge in [0, 0.05) is 32.6 Å². The van der Waals surface area contributed by atoms with E-state index < -0.39 is 0 Å². The van der Waals surface area contributed by atoms with Crippen LogP contribution in [0.4, 0.5) is 11.6 Å². The normalized spacial score (nSPS) is 16.8. The average molecular weight is 235 g/mol. The van der Waals surface area contributed by atoms with Crippen molar-refractivity contribution in [3.8, 4) is 0 Å². The molecule has 2 rings (SSSR count). The topological polar surface area (TPSA) is 53.1 Å². The third-order valence-corrected chi connectivity index (χ3v) is 2.97. The molecule has 5 nitrogen and oxygen atoms in total. The molecule has 17 heavy (non-hydrogen) atoms. The standard InChI is InChI=1S/C12H21N5/c1-3-10-14-11(13-2)9-12(15-10)16-17-7-5-4-6-8-17/h9H,3-8H2,1-2H3,(H2,13,14,15,16). The van der Waals surface area contributed by atoms with E-state index in [1.54, 1.807) is 0 Å². The Bertz CT molecular complexity index is 338. The van der Waals surface area contributed by atoms with Crippen molar-refractivity contribution in [3.05, 3.63) is 11.9 Å². The second kappa shape index (κ2) is 5.82. The molecule has 0 aromatic carbocycles. The second-order valence-corrected chi connectivity index (χ2v) is 4.32.